The summed E-state index contributed by atoms with van der Waals surface area (Å²) in [7, 11) is -3.80. The zero-order valence-corrected chi connectivity index (χ0v) is 17.6. The van der Waals surface area contributed by atoms with Gasteiger partial charge in [-0.2, -0.15) is 0 Å². The van der Waals surface area contributed by atoms with Gasteiger partial charge in [0.05, 0.1) is 16.2 Å². The van der Waals surface area contributed by atoms with Gasteiger partial charge in [0.2, 0.25) is 0 Å². The number of carbonyl (C=O) groups excluding carboxylic acids is 1. The van der Waals surface area contributed by atoms with Crippen molar-refractivity contribution < 1.29 is 13.2 Å². The lowest BCUT2D eigenvalue weighted by molar-refractivity contribution is 0.0725. The zero-order chi connectivity index (χ0) is 20.4. The average molecular weight is 431 g/mol. The van der Waals surface area contributed by atoms with Gasteiger partial charge in [0.1, 0.15) is 0 Å². The van der Waals surface area contributed by atoms with Crippen LogP contribution in [0.2, 0.25) is 5.02 Å². The summed E-state index contributed by atoms with van der Waals surface area (Å²) in [4.78, 5) is 15.1. The Labute approximate surface area is 176 Å². The normalized spacial score (nSPS) is 16.7. The van der Waals surface area contributed by atoms with Crippen LogP contribution in [-0.2, 0) is 16.4 Å². The molecule has 1 heterocycles. The molecule has 1 fully saturated rings. The number of nitrogens with one attached hydrogen (secondary N) is 1. The lowest BCUT2D eigenvalue weighted by Gasteiger charge is -2.27. The Morgan fingerprint density at radius 3 is 2.55 bits per heavy atom. The first-order valence-electron chi connectivity index (χ1n) is 9.84. The van der Waals surface area contributed by atoms with Crippen LogP contribution in [0, 0.1) is 0 Å². The fraction of sp³-hybridized carbons (Fsp3) is 0.318. The molecule has 1 N–H and O–H groups in total. The molecule has 2 aliphatic rings. The molecule has 152 valence electrons. The number of fused-ring (bicyclic) bond motifs is 1. The van der Waals surface area contributed by atoms with Crippen molar-refractivity contribution in [2.45, 2.75) is 32.1 Å². The molecule has 0 radical (unpaired) electrons. The minimum atomic E-state index is -3.80. The van der Waals surface area contributed by atoms with E-state index in [0.29, 0.717) is 41.4 Å². The van der Waals surface area contributed by atoms with Crippen molar-refractivity contribution in [1.29, 1.82) is 0 Å². The second kappa shape index (κ2) is 8.20. The summed E-state index contributed by atoms with van der Waals surface area (Å²) in [6, 6.07) is 12.5. The molecule has 4 rings (SSSR count). The molecule has 5 nitrogen and oxygen atoms in total. The molecular weight excluding hydrogens is 408 g/mol. The van der Waals surface area contributed by atoms with Gasteiger partial charge in [0.25, 0.3) is 15.9 Å². The Balaban J connectivity index is 1.64. The van der Waals surface area contributed by atoms with Gasteiger partial charge in [-0.15, -0.1) is 0 Å². The van der Waals surface area contributed by atoms with E-state index in [1.807, 2.05) is 24.3 Å². The van der Waals surface area contributed by atoms with Crippen molar-refractivity contribution >= 4 is 39.3 Å². The van der Waals surface area contributed by atoms with Gasteiger partial charge in [-0.05, 0) is 67.5 Å². The second-order valence-electron chi connectivity index (χ2n) is 7.46. The molecule has 7 heteroatoms. The van der Waals surface area contributed by atoms with E-state index in [4.69, 9.17) is 11.6 Å². The summed E-state index contributed by atoms with van der Waals surface area (Å²) < 4.78 is 28.8. The van der Waals surface area contributed by atoms with Gasteiger partial charge in [-0.1, -0.05) is 35.9 Å². The van der Waals surface area contributed by atoms with Gasteiger partial charge >= 0.3 is 0 Å². The van der Waals surface area contributed by atoms with Gasteiger partial charge in [-0.25, -0.2) is 8.42 Å². The minimum absolute atomic E-state index is 0.165. The van der Waals surface area contributed by atoms with Crippen LogP contribution < -0.4 is 4.72 Å². The van der Waals surface area contributed by atoms with Crippen molar-refractivity contribution in [3.05, 3.63) is 69.1 Å². The summed E-state index contributed by atoms with van der Waals surface area (Å²) in [6.07, 6.45) is 5.83. The predicted octanol–water partition coefficient (Wildman–Crippen LogP) is 4.70. The molecule has 0 spiro atoms. The van der Waals surface area contributed by atoms with Crippen molar-refractivity contribution in [3.63, 3.8) is 0 Å². The third-order valence-electron chi connectivity index (χ3n) is 5.46. The Hall–Kier alpha value is -2.31. The highest BCUT2D eigenvalue weighted by Crippen LogP contribution is 2.30. The lowest BCUT2D eigenvalue weighted by atomic mass is 9.98. The SMILES string of the molecule is O=C(c1ccc(Cl)cc1NS(=O)(=O)C1=Cc2ccccc2CC1)N1CCCCC1. The molecule has 1 aliphatic carbocycles. The van der Waals surface area contributed by atoms with Crippen LogP contribution in [0.4, 0.5) is 5.69 Å². The van der Waals surface area contributed by atoms with E-state index in [0.717, 1.165) is 30.4 Å². The number of piperidine rings is 1. The van der Waals surface area contributed by atoms with Gasteiger partial charge in [0, 0.05) is 18.1 Å². The molecule has 0 bridgehead atoms. The number of sulfonamides is 1. The molecular formula is C22H23ClN2O3S. The smallest absolute Gasteiger partial charge is 0.258 e. The summed E-state index contributed by atoms with van der Waals surface area (Å²) in [6.45, 7) is 1.38. The number of rotatable bonds is 4. The Kier molecular flexibility index (Phi) is 5.65. The van der Waals surface area contributed by atoms with Gasteiger partial charge < -0.3 is 4.90 Å². The van der Waals surface area contributed by atoms with Crippen LogP contribution in [0.5, 0.6) is 0 Å². The minimum Gasteiger partial charge on any atom is -0.339 e. The summed E-state index contributed by atoms with van der Waals surface area (Å²) in [5.74, 6) is -0.165. The van der Waals surface area contributed by atoms with Crippen LogP contribution >= 0.6 is 11.6 Å². The monoisotopic (exact) mass is 430 g/mol. The van der Waals surface area contributed by atoms with E-state index in [1.54, 1.807) is 23.1 Å². The number of halogens is 1. The number of benzene rings is 2. The number of amides is 1. The fourth-order valence-corrected chi connectivity index (χ4v) is 5.30. The van der Waals surface area contributed by atoms with Crippen LogP contribution in [-0.4, -0.2) is 32.3 Å². The molecule has 2 aromatic carbocycles. The Morgan fingerprint density at radius 2 is 1.76 bits per heavy atom. The molecule has 1 amide bonds. The summed E-state index contributed by atoms with van der Waals surface area (Å²) in [5.41, 5.74) is 2.61. The highest BCUT2D eigenvalue weighted by atomic mass is 35.5. The molecule has 0 unspecified atom stereocenters. The molecule has 0 aromatic heterocycles. The van der Waals surface area contributed by atoms with E-state index in [2.05, 4.69) is 4.72 Å². The standard InChI is InChI=1S/C22H23ClN2O3S/c23-18-9-11-20(22(26)25-12-4-1-5-13-25)21(15-18)24-29(27,28)19-10-8-16-6-2-3-7-17(16)14-19/h2-3,6-7,9,11,14-15,24H,1,4-5,8,10,12-13H2. The van der Waals surface area contributed by atoms with Crippen molar-refractivity contribution in [2.75, 3.05) is 17.8 Å². The molecule has 29 heavy (non-hydrogen) atoms. The first-order chi connectivity index (χ1) is 13.9. The maximum absolute atomic E-state index is 13.1. The number of anilines is 1. The largest absolute Gasteiger partial charge is 0.339 e. The van der Waals surface area contributed by atoms with Crippen molar-refractivity contribution in [2.24, 2.45) is 0 Å². The second-order valence-corrected chi connectivity index (χ2v) is 9.63. The number of nitrogens with zero attached hydrogens (tertiary/aromatic N) is 1. The Morgan fingerprint density at radius 1 is 1.00 bits per heavy atom. The molecule has 2 aromatic rings. The van der Waals surface area contributed by atoms with Crippen molar-refractivity contribution in [1.82, 2.24) is 4.90 Å². The third-order valence-corrected chi connectivity index (χ3v) is 7.19. The van der Waals surface area contributed by atoms with E-state index in [-0.39, 0.29) is 11.6 Å². The van der Waals surface area contributed by atoms with Crippen LogP contribution in [0.3, 0.4) is 0 Å². The summed E-state index contributed by atoms with van der Waals surface area (Å²) >= 11 is 6.11. The predicted molar refractivity (Wildman–Crippen MR) is 116 cm³/mol. The quantitative estimate of drug-likeness (QED) is 0.764. The van der Waals surface area contributed by atoms with Crippen LogP contribution in [0.1, 0.15) is 47.2 Å². The Bertz CT molecular complexity index is 1070. The molecule has 1 aliphatic heterocycles. The first-order valence-corrected chi connectivity index (χ1v) is 11.7. The highest BCUT2D eigenvalue weighted by molar-refractivity contribution is 7.96. The molecule has 0 saturated carbocycles. The fourth-order valence-electron chi connectivity index (χ4n) is 3.88. The number of hydrogen-bond donors (Lipinski definition) is 1. The van der Waals surface area contributed by atoms with Crippen LogP contribution in [0.25, 0.3) is 6.08 Å². The molecule has 0 atom stereocenters. The van der Waals surface area contributed by atoms with E-state index >= 15 is 0 Å². The number of likely N-dealkylation sites (tertiary alicyclic amines) is 1. The highest BCUT2D eigenvalue weighted by Gasteiger charge is 2.26. The van der Waals surface area contributed by atoms with E-state index < -0.39 is 10.0 Å². The average Bonchev–Trinajstić information content (AvgIpc) is 2.73. The topological polar surface area (TPSA) is 66.5 Å². The lowest BCUT2D eigenvalue weighted by Crippen LogP contribution is -2.36. The number of aryl methyl sites for hydroxylation is 1. The maximum atomic E-state index is 13.1. The first kappa shape index (κ1) is 20.0. The third kappa shape index (κ3) is 4.33. The summed E-state index contributed by atoms with van der Waals surface area (Å²) in [5, 5.41) is 0.376. The van der Waals surface area contributed by atoms with Gasteiger partial charge in [0.15, 0.2) is 0 Å². The number of allylic oxidation sites excluding steroid dienone is 1. The van der Waals surface area contributed by atoms with Crippen molar-refractivity contribution in [3.8, 4) is 0 Å². The van der Waals surface area contributed by atoms with Crippen LogP contribution in [0.15, 0.2) is 47.4 Å². The molecule has 1 saturated heterocycles. The zero-order valence-electron chi connectivity index (χ0n) is 16.0. The van der Waals surface area contributed by atoms with E-state index in [9.17, 15) is 13.2 Å². The number of carbonyl (C=O) groups is 1. The van der Waals surface area contributed by atoms with Gasteiger partial charge in [-0.3, -0.25) is 9.52 Å². The maximum Gasteiger partial charge on any atom is 0.258 e. The number of hydrogen-bond acceptors (Lipinski definition) is 3. The van der Waals surface area contributed by atoms with E-state index in [1.165, 1.54) is 6.07 Å².